The van der Waals surface area contributed by atoms with Crippen LogP contribution in [0.15, 0.2) is 54.6 Å². The summed E-state index contributed by atoms with van der Waals surface area (Å²) in [6, 6.07) is 17.9. The number of nitrogens with one attached hydrogen (secondary N) is 1. The lowest BCUT2D eigenvalue weighted by Crippen LogP contribution is -2.36. The molecule has 0 spiro atoms. The zero-order valence-corrected chi connectivity index (χ0v) is 16.0. The van der Waals surface area contributed by atoms with Crippen LogP contribution in [0.3, 0.4) is 0 Å². The number of nitrogens with zero attached hydrogens (tertiary/aromatic N) is 3. The van der Waals surface area contributed by atoms with Crippen LogP contribution in [-0.2, 0) is 4.74 Å². The van der Waals surface area contributed by atoms with Gasteiger partial charge in [-0.3, -0.25) is 0 Å². The summed E-state index contributed by atoms with van der Waals surface area (Å²) in [5.74, 6) is 2.93. The Bertz CT molecular complexity index is 991. The van der Waals surface area contributed by atoms with Crippen molar-refractivity contribution in [2.24, 2.45) is 0 Å². The van der Waals surface area contributed by atoms with Crippen LogP contribution in [0.5, 0.6) is 11.5 Å². The highest BCUT2D eigenvalue weighted by Gasteiger charge is 2.17. The Kier molecular flexibility index (Phi) is 4.88. The van der Waals surface area contributed by atoms with Crippen LogP contribution >= 0.6 is 0 Å². The summed E-state index contributed by atoms with van der Waals surface area (Å²) >= 11 is 0. The van der Waals surface area contributed by atoms with E-state index in [4.69, 9.17) is 24.2 Å². The number of morpholine rings is 1. The lowest BCUT2D eigenvalue weighted by molar-refractivity contribution is 0.122. The Hall–Kier alpha value is -3.32. The number of benzene rings is 2. The highest BCUT2D eigenvalue weighted by Crippen LogP contribution is 2.34. The van der Waals surface area contributed by atoms with Gasteiger partial charge < -0.3 is 24.4 Å². The average molecular weight is 390 g/mol. The maximum Gasteiger partial charge on any atom is 0.229 e. The Morgan fingerprint density at radius 2 is 1.59 bits per heavy atom. The molecule has 2 aliphatic rings. The zero-order chi connectivity index (χ0) is 19.5. The summed E-state index contributed by atoms with van der Waals surface area (Å²) in [6.45, 7) is 4.16. The van der Waals surface area contributed by atoms with Gasteiger partial charge in [-0.2, -0.15) is 4.98 Å². The first-order valence-corrected chi connectivity index (χ1v) is 9.79. The molecule has 148 valence electrons. The summed E-state index contributed by atoms with van der Waals surface area (Å²) in [7, 11) is 0. The van der Waals surface area contributed by atoms with Gasteiger partial charge in [0.05, 0.1) is 18.9 Å². The molecule has 0 aliphatic carbocycles. The molecule has 0 unspecified atom stereocenters. The molecule has 7 heteroatoms. The SMILES string of the molecule is c1ccc(-c2cc(N3CCOCC3)nc(Nc3ccc4c(c3)OCCO4)n2)cc1. The number of hydrogen-bond acceptors (Lipinski definition) is 7. The number of ether oxygens (including phenoxy) is 3. The second-order valence-corrected chi connectivity index (χ2v) is 6.88. The van der Waals surface area contributed by atoms with E-state index >= 15 is 0 Å². The Balaban J connectivity index is 1.49. The van der Waals surface area contributed by atoms with Gasteiger partial charge in [-0.1, -0.05) is 30.3 Å². The molecule has 1 aromatic heterocycles. The minimum Gasteiger partial charge on any atom is -0.486 e. The smallest absolute Gasteiger partial charge is 0.229 e. The molecule has 0 bridgehead atoms. The highest BCUT2D eigenvalue weighted by molar-refractivity contribution is 5.67. The first kappa shape index (κ1) is 17.8. The van der Waals surface area contributed by atoms with Crippen LogP contribution in [0.1, 0.15) is 0 Å². The molecule has 0 atom stereocenters. The Labute approximate surface area is 169 Å². The van der Waals surface area contributed by atoms with Crippen molar-refractivity contribution in [2.45, 2.75) is 0 Å². The van der Waals surface area contributed by atoms with E-state index in [2.05, 4.69) is 22.3 Å². The van der Waals surface area contributed by atoms with E-state index in [1.54, 1.807) is 0 Å². The summed E-state index contributed by atoms with van der Waals surface area (Å²) in [6.07, 6.45) is 0. The van der Waals surface area contributed by atoms with Crippen LogP contribution < -0.4 is 19.7 Å². The van der Waals surface area contributed by atoms with Gasteiger partial charge in [0.15, 0.2) is 11.5 Å². The third-order valence-corrected chi connectivity index (χ3v) is 4.92. The van der Waals surface area contributed by atoms with Gasteiger partial charge in [0.2, 0.25) is 5.95 Å². The molecule has 1 saturated heterocycles. The summed E-state index contributed by atoms with van der Waals surface area (Å²) < 4.78 is 16.8. The van der Waals surface area contributed by atoms with E-state index in [-0.39, 0.29) is 0 Å². The van der Waals surface area contributed by atoms with Gasteiger partial charge in [0.1, 0.15) is 19.0 Å². The largest absolute Gasteiger partial charge is 0.486 e. The first-order chi connectivity index (χ1) is 14.3. The van der Waals surface area contributed by atoms with Crippen molar-refractivity contribution in [2.75, 3.05) is 49.7 Å². The number of fused-ring (bicyclic) bond motifs is 1. The van der Waals surface area contributed by atoms with Crippen LogP contribution in [-0.4, -0.2) is 49.5 Å². The molecule has 2 aromatic carbocycles. The van der Waals surface area contributed by atoms with Crippen molar-refractivity contribution >= 4 is 17.5 Å². The maximum absolute atomic E-state index is 5.69. The van der Waals surface area contributed by atoms with E-state index < -0.39 is 0 Å². The first-order valence-electron chi connectivity index (χ1n) is 9.79. The molecular weight excluding hydrogens is 368 g/mol. The number of hydrogen-bond donors (Lipinski definition) is 1. The van der Waals surface area contributed by atoms with Crippen molar-refractivity contribution in [1.29, 1.82) is 0 Å². The van der Waals surface area contributed by atoms with E-state index in [0.717, 1.165) is 47.4 Å². The standard InChI is InChI=1S/C22H22N4O3/c1-2-4-16(5-3-1)18-15-21(26-8-10-27-11-9-26)25-22(24-18)23-17-6-7-19-20(14-17)29-13-12-28-19/h1-7,14-15H,8-13H2,(H,23,24,25). The van der Waals surface area contributed by atoms with Crippen molar-refractivity contribution < 1.29 is 14.2 Å². The van der Waals surface area contributed by atoms with E-state index in [1.807, 2.05) is 42.5 Å². The van der Waals surface area contributed by atoms with Gasteiger partial charge in [-0.05, 0) is 12.1 Å². The molecule has 5 rings (SSSR count). The third-order valence-electron chi connectivity index (χ3n) is 4.92. The second kappa shape index (κ2) is 7.97. The highest BCUT2D eigenvalue weighted by atomic mass is 16.6. The van der Waals surface area contributed by atoms with E-state index in [0.29, 0.717) is 32.4 Å². The molecular formula is C22H22N4O3. The Morgan fingerprint density at radius 1 is 0.793 bits per heavy atom. The number of aromatic nitrogens is 2. The van der Waals surface area contributed by atoms with Gasteiger partial charge in [-0.15, -0.1) is 0 Å². The fourth-order valence-corrected chi connectivity index (χ4v) is 3.45. The fourth-order valence-electron chi connectivity index (χ4n) is 3.45. The predicted molar refractivity (Wildman–Crippen MR) is 111 cm³/mol. The quantitative estimate of drug-likeness (QED) is 0.731. The van der Waals surface area contributed by atoms with Gasteiger partial charge in [-0.25, -0.2) is 4.98 Å². The lowest BCUT2D eigenvalue weighted by atomic mass is 10.1. The topological polar surface area (TPSA) is 68.7 Å². The number of anilines is 3. The molecule has 7 nitrogen and oxygen atoms in total. The van der Waals surface area contributed by atoms with Crippen molar-refractivity contribution in [3.05, 3.63) is 54.6 Å². The average Bonchev–Trinajstić information content (AvgIpc) is 2.80. The predicted octanol–water partition coefficient (Wildman–Crippen LogP) is 3.50. The van der Waals surface area contributed by atoms with Crippen LogP contribution in [0.4, 0.5) is 17.5 Å². The molecule has 1 fully saturated rings. The zero-order valence-electron chi connectivity index (χ0n) is 16.0. The summed E-state index contributed by atoms with van der Waals surface area (Å²) in [5, 5.41) is 3.33. The van der Waals surface area contributed by atoms with Crippen molar-refractivity contribution in [3.63, 3.8) is 0 Å². The van der Waals surface area contributed by atoms with Gasteiger partial charge in [0.25, 0.3) is 0 Å². The molecule has 1 N–H and O–H groups in total. The summed E-state index contributed by atoms with van der Waals surface area (Å²) in [4.78, 5) is 11.7. The van der Waals surface area contributed by atoms with E-state index in [9.17, 15) is 0 Å². The summed E-state index contributed by atoms with van der Waals surface area (Å²) in [5.41, 5.74) is 2.78. The van der Waals surface area contributed by atoms with E-state index in [1.165, 1.54) is 0 Å². The molecule has 29 heavy (non-hydrogen) atoms. The monoisotopic (exact) mass is 390 g/mol. The van der Waals surface area contributed by atoms with Crippen molar-refractivity contribution in [1.82, 2.24) is 9.97 Å². The Morgan fingerprint density at radius 3 is 2.41 bits per heavy atom. The molecule has 2 aliphatic heterocycles. The fraction of sp³-hybridized carbons (Fsp3) is 0.273. The third kappa shape index (κ3) is 3.95. The maximum atomic E-state index is 5.69. The van der Waals surface area contributed by atoms with Crippen LogP contribution in [0.2, 0.25) is 0 Å². The van der Waals surface area contributed by atoms with Crippen LogP contribution in [0.25, 0.3) is 11.3 Å². The molecule has 3 aromatic rings. The minimum absolute atomic E-state index is 0.546. The minimum atomic E-state index is 0.546. The second-order valence-electron chi connectivity index (χ2n) is 6.88. The molecule has 0 saturated carbocycles. The normalized spacial score (nSPS) is 15.8. The van der Waals surface area contributed by atoms with Gasteiger partial charge >= 0.3 is 0 Å². The molecule has 0 amide bonds. The molecule has 0 radical (unpaired) electrons. The number of rotatable bonds is 4. The van der Waals surface area contributed by atoms with Crippen molar-refractivity contribution in [3.8, 4) is 22.8 Å². The molecule has 3 heterocycles. The van der Waals surface area contributed by atoms with Gasteiger partial charge in [0, 0.05) is 36.5 Å². The lowest BCUT2D eigenvalue weighted by Gasteiger charge is -2.28. The van der Waals surface area contributed by atoms with Crippen LogP contribution in [0, 0.1) is 0 Å².